The summed E-state index contributed by atoms with van der Waals surface area (Å²) >= 11 is 1.44. The van der Waals surface area contributed by atoms with Crippen LogP contribution in [0.4, 0.5) is 4.79 Å². The molecule has 3 aromatic carbocycles. The van der Waals surface area contributed by atoms with E-state index in [9.17, 15) is 29.4 Å². The Kier molecular flexibility index (Phi) is 16.5. The van der Waals surface area contributed by atoms with Crippen molar-refractivity contribution in [2.45, 2.75) is 96.7 Å². The first-order chi connectivity index (χ1) is 26.0. The van der Waals surface area contributed by atoms with Gasteiger partial charge in [-0.15, -0.1) is 11.3 Å². The molecular formula is C42H54N4O7S. The van der Waals surface area contributed by atoms with Crippen molar-refractivity contribution in [3.05, 3.63) is 106 Å². The maximum atomic E-state index is 14.2. The topological polar surface area (TPSA) is 166 Å². The number of aliphatic hydroxyl groups excluding tert-OH is 2. The summed E-state index contributed by atoms with van der Waals surface area (Å²) in [4.78, 5) is 55.3. The van der Waals surface area contributed by atoms with Gasteiger partial charge in [0, 0.05) is 17.7 Å². The van der Waals surface area contributed by atoms with Crippen LogP contribution in [-0.2, 0) is 38.6 Å². The highest BCUT2D eigenvalue weighted by Gasteiger charge is 2.33. The van der Waals surface area contributed by atoms with Gasteiger partial charge in [0.1, 0.15) is 18.7 Å². The first kappa shape index (κ1) is 42.0. The van der Waals surface area contributed by atoms with Gasteiger partial charge in [-0.2, -0.15) is 0 Å². The van der Waals surface area contributed by atoms with Crippen molar-refractivity contribution in [2.24, 2.45) is 11.8 Å². The third-order valence-electron chi connectivity index (χ3n) is 9.99. The number of thiophene rings is 1. The van der Waals surface area contributed by atoms with E-state index in [1.54, 1.807) is 0 Å². The summed E-state index contributed by atoms with van der Waals surface area (Å²) in [5.74, 6) is -1.75. The van der Waals surface area contributed by atoms with Gasteiger partial charge in [0.05, 0.1) is 31.2 Å². The summed E-state index contributed by atoms with van der Waals surface area (Å²) in [5, 5.41) is 36.3. The molecule has 0 aliphatic rings. The van der Waals surface area contributed by atoms with E-state index >= 15 is 0 Å². The van der Waals surface area contributed by atoms with Crippen molar-refractivity contribution in [1.82, 2.24) is 21.3 Å². The number of carbonyl (C=O) groups is 4. The second-order valence-corrected chi connectivity index (χ2v) is 14.9. The van der Waals surface area contributed by atoms with Crippen LogP contribution in [0.5, 0.6) is 0 Å². The van der Waals surface area contributed by atoms with Gasteiger partial charge in [0.25, 0.3) is 0 Å². The van der Waals surface area contributed by atoms with Crippen LogP contribution in [0.15, 0.2) is 90.3 Å². The van der Waals surface area contributed by atoms with Crippen LogP contribution in [0.3, 0.4) is 0 Å². The molecule has 0 saturated heterocycles. The lowest BCUT2D eigenvalue weighted by atomic mass is 9.91. The molecule has 290 valence electrons. The van der Waals surface area contributed by atoms with Crippen molar-refractivity contribution in [3.63, 3.8) is 0 Å². The Morgan fingerprint density at radius 3 is 2.09 bits per heavy atom. The number of amides is 4. The Hall–Kier alpha value is -4.78. The molecule has 0 fully saturated rings. The highest BCUT2D eigenvalue weighted by Crippen LogP contribution is 2.21. The number of benzene rings is 3. The molecule has 4 rings (SSSR count). The Morgan fingerprint density at radius 2 is 1.41 bits per heavy atom. The van der Waals surface area contributed by atoms with Crippen LogP contribution in [0.2, 0.25) is 0 Å². The van der Waals surface area contributed by atoms with Crippen molar-refractivity contribution in [2.75, 3.05) is 6.61 Å². The minimum absolute atomic E-state index is 0.00826. The van der Waals surface area contributed by atoms with E-state index in [2.05, 4.69) is 21.3 Å². The molecule has 12 heteroatoms. The summed E-state index contributed by atoms with van der Waals surface area (Å²) in [6.07, 6.45) is -0.677. The van der Waals surface area contributed by atoms with Gasteiger partial charge in [-0.25, -0.2) is 4.79 Å². The highest BCUT2D eigenvalue weighted by molar-refractivity contribution is 7.09. The predicted molar refractivity (Wildman–Crippen MR) is 212 cm³/mol. The van der Waals surface area contributed by atoms with Gasteiger partial charge in [-0.1, -0.05) is 119 Å². The minimum Gasteiger partial charge on any atom is -0.445 e. The highest BCUT2D eigenvalue weighted by atomic mass is 32.1. The SMILES string of the molecule is CCC(C)C(NC(=O)[C@H](Cc1cccs1)NC(=O)[C@H](Cc1cccc2ccccc12)NC(=O)OCc1ccccc1)C(O)CC(=O)N[C@H](CO)C(C)CC. The lowest BCUT2D eigenvalue weighted by molar-refractivity contribution is -0.131. The number of hydrogen-bond acceptors (Lipinski definition) is 8. The average molecular weight is 759 g/mol. The molecule has 6 N–H and O–H groups in total. The molecule has 7 atom stereocenters. The van der Waals surface area contributed by atoms with E-state index in [0.717, 1.165) is 33.2 Å². The van der Waals surface area contributed by atoms with Gasteiger partial charge in [0.2, 0.25) is 17.7 Å². The molecule has 0 aliphatic carbocycles. The Labute approximate surface area is 321 Å². The van der Waals surface area contributed by atoms with E-state index in [-0.39, 0.29) is 44.3 Å². The molecule has 0 radical (unpaired) electrons. The zero-order valence-corrected chi connectivity index (χ0v) is 32.3. The second-order valence-electron chi connectivity index (χ2n) is 13.9. The maximum absolute atomic E-state index is 14.2. The number of rotatable bonds is 20. The first-order valence-electron chi connectivity index (χ1n) is 18.7. The molecule has 1 heterocycles. The monoisotopic (exact) mass is 758 g/mol. The molecular weight excluding hydrogens is 705 g/mol. The molecule has 4 aromatic rings. The van der Waals surface area contributed by atoms with E-state index in [4.69, 9.17) is 4.74 Å². The van der Waals surface area contributed by atoms with Crippen molar-refractivity contribution >= 4 is 45.9 Å². The molecule has 4 unspecified atom stereocenters. The van der Waals surface area contributed by atoms with Crippen LogP contribution in [0.25, 0.3) is 10.8 Å². The van der Waals surface area contributed by atoms with Gasteiger partial charge < -0.3 is 36.2 Å². The summed E-state index contributed by atoms with van der Waals surface area (Å²) in [6, 6.07) is 23.0. The largest absolute Gasteiger partial charge is 0.445 e. The fourth-order valence-corrected chi connectivity index (χ4v) is 7.04. The molecule has 1 aromatic heterocycles. The number of alkyl carbamates (subject to hydrolysis) is 1. The molecule has 0 spiro atoms. The van der Waals surface area contributed by atoms with E-state index in [1.165, 1.54) is 11.3 Å². The fraction of sp³-hybridized carbons (Fsp3) is 0.429. The molecule has 11 nitrogen and oxygen atoms in total. The smallest absolute Gasteiger partial charge is 0.408 e. The van der Waals surface area contributed by atoms with Gasteiger partial charge in [0.15, 0.2) is 0 Å². The zero-order valence-electron chi connectivity index (χ0n) is 31.5. The normalized spacial score (nSPS) is 15.1. The van der Waals surface area contributed by atoms with Crippen molar-refractivity contribution in [1.29, 1.82) is 0 Å². The number of ether oxygens (including phenoxy) is 1. The quantitative estimate of drug-likeness (QED) is 0.0715. The Balaban J connectivity index is 1.56. The number of fused-ring (bicyclic) bond motifs is 1. The lowest BCUT2D eigenvalue weighted by Gasteiger charge is -2.31. The molecule has 0 aliphatic heterocycles. The van der Waals surface area contributed by atoms with E-state index < -0.39 is 54.1 Å². The van der Waals surface area contributed by atoms with Gasteiger partial charge >= 0.3 is 6.09 Å². The molecule has 0 saturated carbocycles. The first-order valence-corrected chi connectivity index (χ1v) is 19.6. The van der Waals surface area contributed by atoms with Crippen LogP contribution < -0.4 is 21.3 Å². The van der Waals surface area contributed by atoms with Crippen molar-refractivity contribution in [3.8, 4) is 0 Å². The number of hydrogen-bond donors (Lipinski definition) is 6. The predicted octanol–water partition coefficient (Wildman–Crippen LogP) is 5.27. The zero-order chi connectivity index (χ0) is 39.0. The lowest BCUT2D eigenvalue weighted by Crippen LogP contribution is -2.58. The summed E-state index contributed by atoms with van der Waals surface area (Å²) < 4.78 is 5.49. The van der Waals surface area contributed by atoms with Crippen LogP contribution in [0, 0.1) is 11.8 Å². The maximum Gasteiger partial charge on any atom is 0.408 e. The van der Waals surface area contributed by atoms with E-state index in [0.29, 0.717) is 6.42 Å². The standard InChI is InChI=1S/C42H54N4O7S/c1-5-27(3)36(25-47)43-38(49)24-37(48)39(28(4)6-2)46-41(51)35(23-32-19-13-21-54-32)44-40(50)34(45-42(52)53-26-29-14-8-7-9-15-29)22-31-18-12-17-30-16-10-11-20-33(30)31/h7-21,27-28,34-37,39,47-48H,5-6,22-26H2,1-4H3,(H,43,49)(H,44,50)(H,45,52)(H,46,51)/t27?,28?,34-,35-,36+,37?,39?/m0/s1. The van der Waals surface area contributed by atoms with Crippen LogP contribution in [0.1, 0.15) is 63.0 Å². The Morgan fingerprint density at radius 1 is 0.741 bits per heavy atom. The molecule has 4 amide bonds. The molecule has 0 bridgehead atoms. The van der Waals surface area contributed by atoms with Crippen LogP contribution >= 0.6 is 11.3 Å². The summed E-state index contributed by atoms with van der Waals surface area (Å²) in [6.45, 7) is 7.47. The van der Waals surface area contributed by atoms with Crippen molar-refractivity contribution < 1.29 is 34.1 Å². The fourth-order valence-electron chi connectivity index (χ4n) is 6.29. The van der Waals surface area contributed by atoms with Gasteiger partial charge in [-0.05, 0) is 45.2 Å². The third-order valence-corrected chi connectivity index (χ3v) is 10.9. The van der Waals surface area contributed by atoms with Gasteiger partial charge in [-0.3, -0.25) is 14.4 Å². The minimum atomic E-state index is -1.24. The Bertz CT molecular complexity index is 1780. The van der Waals surface area contributed by atoms with Crippen LogP contribution in [-0.4, -0.2) is 70.9 Å². The third kappa shape index (κ3) is 12.4. The van der Waals surface area contributed by atoms with E-state index in [1.807, 2.05) is 118 Å². The molecule has 54 heavy (non-hydrogen) atoms. The number of aliphatic hydroxyl groups is 2. The second kappa shape index (κ2) is 21.2. The number of carbonyl (C=O) groups excluding carboxylic acids is 4. The number of nitrogens with one attached hydrogen (secondary N) is 4. The average Bonchev–Trinajstić information content (AvgIpc) is 3.70. The summed E-state index contributed by atoms with van der Waals surface area (Å²) in [5.41, 5.74) is 1.61. The summed E-state index contributed by atoms with van der Waals surface area (Å²) in [7, 11) is 0.